The summed E-state index contributed by atoms with van der Waals surface area (Å²) in [5.74, 6) is 0.636. The third kappa shape index (κ3) is 5.16. The first-order chi connectivity index (χ1) is 12.0. The number of carbonyl (C=O) groups is 1. The number of aryl methyl sites for hydroxylation is 2. The van der Waals surface area contributed by atoms with Crippen LogP contribution in [0.25, 0.3) is 0 Å². The highest BCUT2D eigenvalue weighted by Gasteiger charge is 2.33. The molecule has 5 heteroatoms. The first-order valence-corrected chi connectivity index (χ1v) is 9.09. The maximum atomic E-state index is 12.4. The van der Waals surface area contributed by atoms with E-state index >= 15 is 0 Å². The van der Waals surface area contributed by atoms with E-state index in [1.807, 2.05) is 24.0 Å². The average molecular weight is 340 g/mol. The predicted octanol–water partition coefficient (Wildman–Crippen LogP) is 2.75. The predicted molar refractivity (Wildman–Crippen MR) is 99.2 cm³/mol. The van der Waals surface area contributed by atoms with Crippen molar-refractivity contribution < 1.29 is 4.79 Å². The van der Waals surface area contributed by atoms with Crippen molar-refractivity contribution in [3.05, 3.63) is 53.3 Å². The third-order valence-electron chi connectivity index (χ3n) is 4.68. The van der Waals surface area contributed by atoms with Crippen LogP contribution in [0.2, 0.25) is 0 Å². The van der Waals surface area contributed by atoms with Crippen LogP contribution in [0.1, 0.15) is 42.5 Å². The second-order valence-electron chi connectivity index (χ2n) is 7.31. The normalized spacial score (nSPS) is 16.4. The van der Waals surface area contributed by atoms with Crippen LogP contribution in [-0.2, 0) is 11.3 Å². The van der Waals surface area contributed by atoms with Crippen LogP contribution in [0.3, 0.4) is 0 Å². The summed E-state index contributed by atoms with van der Waals surface area (Å²) in [6.45, 7) is 7.27. The van der Waals surface area contributed by atoms with Gasteiger partial charge >= 0.3 is 0 Å². The molecule has 1 aliphatic carbocycles. The molecule has 1 aromatic heterocycles. The monoisotopic (exact) mass is 340 g/mol. The van der Waals surface area contributed by atoms with E-state index in [-0.39, 0.29) is 18.0 Å². The Bertz CT molecular complexity index is 703. The molecule has 1 heterocycles. The Kier molecular flexibility index (Phi) is 5.53. The van der Waals surface area contributed by atoms with Gasteiger partial charge in [-0.2, -0.15) is 5.10 Å². The van der Waals surface area contributed by atoms with Crippen molar-refractivity contribution in [3.8, 4) is 0 Å². The molecule has 0 saturated heterocycles. The number of rotatable bonds is 8. The summed E-state index contributed by atoms with van der Waals surface area (Å²) >= 11 is 0. The zero-order valence-corrected chi connectivity index (χ0v) is 15.3. The van der Waals surface area contributed by atoms with E-state index in [0.29, 0.717) is 12.5 Å². The molecule has 3 rings (SSSR count). The molecule has 2 aromatic rings. The molecule has 2 N–H and O–H groups in total. The summed E-state index contributed by atoms with van der Waals surface area (Å²) in [7, 11) is 0. The fourth-order valence-corrected chi connectivity index (χ4v) is 3.08. The molecule has 0 aliphatic heterocycles. The summed E-state index contributed by atoms with van der Waals surface area (Å²) in [4.78, 5) is 12.4. The number of nitrogens with zero attached hydrogens (tertiary/aromatic N) is 2. The van der Waals surface area contributed by atoms with Crippen LogP contribution in [0.5, 0.6) is 0 Å². The molecule has 1 amide bonds. The number of aromatic nitrogens is 2. The van der Waals surface area contributed by atoms with Gasteiger partial charge in [-0.05, 0) is 50.7 Å². The van der Waals surface area contributed by atoms with Crippen LogP contribution in [0.15, 0.2) is 36.7 Å². The molecule has 0 bridgehead atoms. The number of benzene rings is 1. The Balaban J connectivity index is 1.49. The lowest BCUT2D eigenvalue weighted by Crippen LogP contribution is -2.41. The fraction of sp³-hybridized carbons (Fsp3) is 0.500. The minimum atomic E-state index is 0.0565. The van der Waals surface area contributed by atoms with Gasteiger partial charge in [-0.1, -0.05) is 29.8 Å². The molecule has 1 saturated carbocycles. The number of carbonyl (C=O) groups excluding carboxylic acids is 1. The van der Waals surface area contributed by atoms with Crippen LogP contribution >= 0.6 is 0 Å². The van der Waals surface area contributed by atoms with Gasteiger partial charge in [0.25, 0.3) is 0 Å². The molecule has 1 aromatic carbocycles. The summed E-state index contributed by atoms with van der Waals surface area (Å²) < 4.78 is 1.91. The van der Waals surface area contributed by atoms with E-state index in [1.165, 1.54) is 24.0 Å². The quantitative estimate of drug-likeness (QED) is 0.777. The maximum Gasteiger partial charge on any atom is 0.234 e. The molecular weight excluding hydrogens is 312 g/mol. The van der Waals surface area contributed by atoms with Gasteiger partial charge in [0, 0.05) is 12.2 Å². The first-order valence-electron chi connectivity index (χ1n) is 9.09. The Morgan fingerprint density at radius 1 is 1.24 bits per heavy atom. The van der Waals surface area contributed by atoms with Crippen molar-refractivity contribution in [2.75, 3.05) is 6.54 Å². The highest BCUT2D eigenvalue weighted by atomic mass is 16.2. The van der Waals surface area contributed by atoms with Gasteiger partial charge in [0.1, 0.15) is 0 Å². The molecule has 25 heavy (non-hydrogen) atoms. The van der Waals surface area contributed by atoms with Crippen molar-refractivity contribution in [2.24, 2.45) is 5.92 Å². The van der Waals surface area contributed by atoms with E-state index in [4.69, 9.17) is 0 Å². The van der Waals surface area contributed by atoms with Gasteiger partial charge < -0.3 is 10.6 Å². The van der Waals surface area contributed by atoms with Crippen LogP contribution < -0.4 is 10.6 Å². The Morgan fingerprint density at radius 3 is 2.56 bits per heavy atom. The number of hydrogen-bond acceptors (Lipinski definition) is 3. The molecule has 0 spiro atoms. The summed E-state index contributed by atoms with van der Waals surface area (Å²) in [6, 6.07) is 8.82. The highest BCUT2D eigenvalue weighted by molar-refractivity contribution is 5.78. The zero-order chi connectivity index (χ0) is 17.8. The molecule has 134 valence electrons. The minimum absolute atomic E-state index is 0.0565. The van der Waals surface area contributed by atoms with Gasteiger partial charge in [-0.3, -0.25) is 9.48 Å². The molecular formula is C20H28N4O. The van der Waals surface area contributed by atoms with E-state index in [2.05, 4.69) is 53.8 Å². The molecule has 1 aliphatic rings. The molecule has 2 atom stereocenters. The van der Waals surface area contributed by atoms with Crippen LogP contribution in [0, 0.1) is 19.8 Å². The second-order valence-corrected chi connectivity index (χ2v) is 7.31. The van der Waals surface area contributed by atoms with Gasteiger partial charge in [-0.15, -0.1) is 0 Å². The average Bonchev–Trinajstić information content (AvgIpc) is 3.34. The third-order valence-corrected chi connectivity index (χ3v) is 4.68. The van der Waals surface area contributed by atoms with Crippen molar-refractivity contribution in [2.45, 2.75) is 52.2 Å². The van der Waals surface area contributed by atoms with Crippen molar-refractivity contribution in [1.29, 1.82) is 0 Å². The van der Waals surface area contributed by atoms with E-state index < -0.39 is 0 Å². The molecule has 0 unspecified atom stereocenters. The van der Waals surface area contributed by atoms with Gasteiger partial charge in [0.2, 0.25) is 5.91 Å². The van der Waals surface area contributed by atoms with Gasteiger partial charge in [0.05, 0.1) is 25.3 Å². The molecule has 5 nitrogen and oxygen atoms in total. The first kappa shape index (κ1) is 17.7. The van der Waals surface area contributed by atoms with E-state index in [0.717, 1.165) is 12.1 Å². The lowest BCUT2D eigenvalue weighted by atomic mass is 10.0. The minimum Gasteiger partial charge on any atom is -0.348 e. The summed E-state index contributed by atoms with van der Waals surface area (Å²) in [5.41, 5.74) is 3.60. The summed E-state index contributed by atoms with van der Waals surface area (Å²) in [6.07, 6.45) is 6.25. The van der Waals surface area contributed by atoms with E-state index in [9.17, 15) is 4.79 Å². The smallest absolute Gasteiger partial charge is 0.234 e. The van der Waals surface area contributed by atoms with E-state index in [1.54, 1.807) is 0 Å². The molecule has 0 radical (unpaired) electrons. The SMILES string of the molecule is Cc1ccc([C@@H](NC(=O)CN[C@@H](C)Cn2cc(C)cn2)C2CC2)cc1. The molecule has 1 fully saturated rings. The maximum absolute atomic E-state index is 12.4. The van der Waals surface area contributed by atoms with Crippen molar-refractivity contribution >= 4 is 5.91 Å². The number of hydrogen-bond donors (Lipinski definition) is 2. The Hall–Kier alpha value is -2.14. The van der Waals surface area contributed by atoms with Gasteiger partial charge in [-0.25, -0.2) is 0 Å². The summed E-state index contributed by atoms with van der Waals surface area (Å²) in [5, 5.41) is 10.8. The van der Waals surface area contributed by atoms with Gasteiger partial charge in [0.15, 0.2) is 0 Å². The largest absolute Gasteiger partial charge is 0.348 e. The zero-order valence-electron chi connectivity index (χ0n) is 15.3. The van der Waals surface area contributed by atoms with Crippen LogP contribution in [-0.4, -0.2) is 28.3 Å². The topological polar surface area (TPSA) is 59.0 Å². The Morgan fingerprint density at radius 2 is 1.96 bits per heavy atom. The van der Waals surface area contributed by atoms with Crippen molar-refractivity contribution in [3.63, 3.8) is 0 Å². The Labute approximate surface area is 149 Å². The fourth-order valence-electron chi connectivity index (χ4n) is 3.08. The number of nitrogens with one attached hydrogen (secondary N) is 2. The lowest BCUT2D eigenvalue weighted by molar-refractivity contribution is -0.121. The standard InChI is InChI=1S/C20H28N4O/c1-14-4-6-17(7-5-14)20(18-8-9-18)23-19(25)11-21-16(3)13-24-12-15(2)10-22-24/h4-7,10,12,16,18,20-21H,8-9,11,13H2,1-3H3,(H,23,25)/t16-,20+/m0/s1. The lowest BCUT2D eigenvalue weighted by Gasteiger charge is -2.20. The van der Waals surface area contributed by atoms with Crippen molar-refractivity contribution in [1.82, 2.24) is 20.4 Å². The second kappa shape index (κ2) is 7.83. The highest BCUT2D eigenvalue weighted by Crippen LogP contribution is 2.40. The van der Waals surface area contributed by atoms with Crippen LogP contribution in [0.4, 0.5) is 0 Å². The number of amides is 1.